The maximum Gasteiger partial charge on any atom is 0.317 e. The minimum Gasteiger partial charge on any atom is -0.504 e. The zero-order chi connectivity index (χ0) is 20.5. The summed E-state index contributed by atoms with van der Waals surface area (Å²) in [5, 5.41) is 22.0. The smallest absolute Gasteiger partial charge is 0.317 e. The highest BCUT2D eigenvalue weighted by atomic mass is 16.3. The van der Waals surface area contributed by atoms with Crippen LogP contribution in [0.1, 0.15) is 0 Å². The molecule has 0 aliphatic carbocycles. The molecule has 29 heavy (non-hydrogen) atoms. The van der Waals surface area contributed by atoms with E-state index in [0.29, 0.717) is 54.3 Å². The summed E-state index contributed by atoms with van der Waals surface area (Å²) in [4.78, 5) is 29.0. The third-order valence-electron chi connectivity index (χ3n) is 4.89. The van der Waals surface area contributed by atoms with Crippen LogP contribution in [0.5, 0.6) is 11.5 Å². The molecule has 2 amide bonds. The van der Waals surface area contributed by atoms with E-state index in [4.69, 9.17) is 10.7 Å². The zero-order valence-corrected chi connectivity index (χ0v) is 15.8. The largest absolute Gasteiger partial charge is 0.504 e. The molecule has 1 aliphatic rings. The van der Waals surface area contributed by atoms with Gasteiger partial charge in [-0.25, -0.2) is 14.8 Å². The Morgan fingerprint density at radius 1 is 1.03 bits per heavy atom. The Hall–Kier alpha value is -3.82. The quantitative estimate of drug-likeness (QED) is 0.474. The fourth-order valence-electron chi connectivity index (χ4n) is 3.36. The topological polar surface area (TPSA) is 141 Å². The molecule has 3 heterocycles. The van der Waals surface area contributed by atoms with E-state index in [0.717, 1.165) is 0 Å². The van der Waals surface area contributed by atoms with Gasteiger partial charge in [0.15, 0.2) is 17.3 Å². The Bertz CT molecular complexity index is 1080. The van der Waals surface area contributed by atoms with Crippen LogP contribution in [0.25, 0.3) is 22.3 Å². The Labute approximate surface area is 166 Å². The highest BCUT2D eigenvalue weighted by Crippen LogP contribution is 2.32. The summed E-state index contributed by atoms with van der Waals surface area (Å²) < 4.78 is 0. The van der Waals surface area contributed by atoms with Crippen molar-refractivity contribution in [3.8, 4) is 22.8 Å². The molecule has 1 saturated heterocycles. The van der Waals surface area contributed by atoms with Crippen molar-refractivity contribution in [1.29, 1.82) is 0 Å². The van der Waals surface area contributed by atoms with Gasteiger partial charge >= 0.3 is 6.03 Å². The number of urea groups is 1. The van der Waals surface area contributed by atoms with E-state index in [1.165, 1.54) is 12.1 Å². The fourth-order valence-corrected chi connectivity index (χ4v) is 3.36. The number of nitrogens with one attached hydrogen (secondary N) is 1. The molecule has 0 unspecified atom stereocenters. The molecule has 150 valence electrons. The second-order valence-electron chi connectivity index (χ2n) is 6.70. The van der Waals surface area contributed by atoms with Crippen molar-refractivity contribution in [3.63, 3.8) is 0 Å². The summed E-state index contributed by atoms with van der Waals surface area (Å²) in [6.07, 6.45) is 0. The Kier molecular flexibility index (Phi) is 4.67. The third-order valence-corrected chi connectivity index (χ3v) is 4.89. The van der Waals surface area contributed by atoms with Crippen LogP contribution in [0.2, 0.25) is 0 Å². The van der Waals surface area contributed by atoms with Crippen LogP contribution in [-0.4, -0.2) is 69.3 Å². The average molecular weight is 395 g/mol. The van der Waals surface area contributed by atoms with E-state index < -0.39 is 0 Å². The van der Waals surface area contributed by atoms with Crippen molar-refractivity contribution in [2.45, 2.75) is 0 Å². The van der Waals surface area contributed by atoms with Crippen LogP contribution in [-0.2, 0) is 0 Å². The summed E-state index contributed by atoms with van der Waals surface area (Å²) in [7, 11) is 1.61. The molecule has 2 aromatic heterocycles. The van der Waals surface area contributed by atoms with Crippen LogP contribution < -0.4 is 16.0 Å². The molecule has 1 aromatic carbocycles. The number of benzene rings is 1. The normalized spacial score (nSPS) is 14.2. The number of hydrogen-bond donors (Lipinski definition) is 4. The SMILES string of the molecule is CNC(=O)N1CCN(c2nc(N)nc3ccc(-c4ccc(O)c(O)c4)nc23)CC1. The number of nitrogens with two attached hydrogens (primary N) is 1. The number of piperazine rings is 1. The van der Waals surface area contributed by atoms with E-state index in [1.54, 1.807) is 30.1 Å². The van der Waals surface area contributed by atoms with Crippen molar-refractivity contribution in [3.05, 3.63) is 30.3 Å². The minimum absolute atomic E-state index is 0.107. The number of nitrogen functional groups attached to an aromatic ring is 1. The number of rotatable bonds is 2. The molecule has 3 aromatic rings. The highest BCUT2D eigenvalue weighted by Gasteiger charge is 2.24. The lowest BCUT2D eigenvalue weighted by atomic mass is 10.1. The predicted molar refractivity (Wildman–Crippen MR) is 109 cm³/mol. The number of anilines is 2. The van der Waals surface area contributed by atoms with Crippen molar-refractivity contribution in [1.82, 2.24) is 25.2 Å². The van der Waals surface area contributed by atoms with Gasteiger partial charge in [-0.2, -0.15) is 4.98 Å². The van der Waals surface area contributed by atoms with Crippen molar-refractivity contribution < 1.29 is 15.0 Å². The number of amides is 2. The van der Waals surface area contributed by atoms with E-state index in [1.807, 2.05) is 4.90 Å². The van der Waals surface area contributed by atoms with E-state index >= 15 is 0 Å². The van der Waals surface area contributed by atoms with Crippen LogP contribution in [0.4, 0.5) is 16.6 Å². The molecule has 0 spiro atoms. The molecule has 1 fully saturated rings. The summed E-state index contributed by atoms with van der Waals surface area (Å²) in [5.41, 5.74) is 8.34. The van der Waals surface area contributed by atoms with Gasteiger partial charge in [0.25, 0.3) is 0 Å². The molecular formula is C19H21N7O3. The molecule has 0 atom stereocenters. The van der Waals surface area contributed by atoms with Crippen molar-refractivity contribution in [2.24, 2.45) is 0 Å². The van der Waals surface area contributed by atoms with Gasteiger partial charge in [0.2, 0.25) is 5.95 Å². The zero-order valence-electron chi connectivity index (χ0n) is 15.8. The molecule has 0 saturated carbocycles. The lowest BCUT2D eigenvalue weighted by Crippen LogP contribution is -2.51. The predicted octanol–water partition coefficient (Wildman–Crippen LogP) is 1.15. The fraction of sp³-hybridized carbons (Fsp3) is 0.263. The van der Waals surface area contributed by atoms with Gasteiger partial charge in [-0.15, -0.1) is 0 Å². The molecule has 5 N–H and O–H groups in total. The second kappa shape index (κ2) is 7.30. The Balaban J connectivity index is 1.72. The van der Waals surface area contributed by atoms with E-state index in [2.05, 4.69) is 15.3 Å². The molecule has 4 rings (SSSR count). The number of fused-ring (bicyclic) bond motifs is 1. The summed E-state index contributed by atoms with van der Waals surface area (Å²) in [5.74, 6) is 0.343. The van der Waals surface area contributed by atoms with Gasteiger partial charge in [0.1, 0.15) is 5.52 Å². The van der Waals surface area contributed by atoms with Gasteiger partial charge in [-0.1, -0.05) is 0 Å². The number of aromatic nitrogens is 3. The standard InChI is InChI=1S/C19H21N7O3/c1-21-19(29)26-8-6-25(7-9-26)17-16-13(23-18(20)24-17)4-3-12(22-16)11-2-5-14(27)15(28)10-11/h2-5,10,27-28H,6-9H2,1H3,(H,21,29)(H2,20,23,24). The third kappa shape index (κ3) is 3.51. The lowest BCUT2D eigenvalue weighted by Gasteiger charge is -2.35. The second-order valence-corrected chi connectivity index (χ2v) is 6.70. The highest BCUT2D eigenvalue weighted by molar-refractivity contribution is 5.89. The van der Waals surface area contributed by atoms with Gasteiger partial charge in [0.05, 0.1) is 11.2 Å². The molecule has 0 bridgehead atoms. The monoisotopic (exact) mass is 395 g/mol. The van der Waals surface area contributed by atoms with Crippen molar-refractivity contribution >= 4 is 28.8 Å². The van der Waals surface area contributed by atoms with Crippen LogP contribution >= 0.6 is 0 Å². The molecule has 0 radical (unpaired) electrons. The Morgan fingerprint density at radius 2 is 1.79 bits per heavy atom. The number of phenolic OH excluding ortho intramolecular Hbond substituents is 2. The van der Waals surface area contributed by atoms with Crippen LogP contribution in [0.3, 0.4) is 0 Å². The number of carbonyl (C=O) groups is 1. The number of phenols is 2. The molecule has 1 aliphatic heterocycles. The maximum absolute atomic E-state index is 11.8. The van der Waals surface area contributed by atoms with Crippen LogP contribution in [0.15, 0.2) is 30.3 Å². The van der Waals surface area contributed by atoms with E-state index in [-0.39, 0.29) is 23.5 Å². The lowest BCUT2D eigenvalue weighted by molar-refractivity contribution is 0.196. The van der Waals surface area contributed by atoms with Crippen LogP contribution in [0, 0.1) is 0 Å². The van der Waals surface area contributed by atoms with Crippen molar-refractivity contribution in [2.75, 3.05) is 43.9 Å². The number of nitrogens with zero attached hydrogens (tertiary/aromatic N) is 5. The molecule has 10 nitrogen and oxygen atoms in total. The number of aromatic hydroxyl groups is 2. The van der Waals surface area contributed by atoms with Gasteiger partial charge in [-0.05, 0) is 30.3 Å². The number of carbonyl (C=O) groups excluding carboxylic acids is 1. The maximum atomic E-state index is 11.8. The average Bonchev–Trinajstić information content (AvgIpc) is 2.74. The van der Waals surface area contributed by atoms with E-state index in [9.17, 15) is 15.0 Å². The van der Waals surface area contributed by atoms with Gasteiger partial charge in [0, 0.05) is 38.8 Å². The van der Waals surface area contributed by atoms with Gasteiger partial charge < -0.3 is 31.1 Å². The minimum atomic E-state index is -0.219. The number of hydrogen-bond acceptors (Lipinski definition) is 8. The first-order valence-electron chi connectivity index (χ1n) is 9.14. The first-order valence-corrected chi connectivity index (χ1v) is 9.14. The molecular weight excluding hydrogens is 374 g/mol. The number of pyridine rings is 1. The Morgan fingerprint density at radius 3 is 2.48 bits per heavy atom. The summed E-state index contributed by atoms with van der Waals surface area (Å²) in [6.45, 7) is 2.28. The first kappa shape index (κ1) is 18.5. The molecule has 10 heteroatoms. The van der Waals surface area contributed by atoms with Gasteiger partial charge in [-0.3, -0.25) is 0 Å². The summed E-state index contributed by atoms with van der Waals surface area (Å²) >= 11 is 0. The first-order chi connectivity index (χ1) is 14.0. The summed E-state index contributed by atoms with van der Waals surface area (Å²) in [6, 6.07) is 7.99.